The number of aromatic nitrogens is 1. The summed E-state index contributed by atoms with van der Waals surface area (Å²) < 4.78 is 11.0. The molecular formula is C16H17N3O3. The minimum Gasteiger partial charge on any atom is -0.493 e. The molecule has 2 rings (SSSR count). The van der Waals surface area contributed by atoms with E-state index in [4.69, 9.17) is 15.3 Å². The fourth-order valence-corrected chi connectivity index (χ4v) is 1.77. The minimum absolute atomic E-state index is 0.379. The lowest BCUT2D eigenvalue weighted by atomic mass is 10.2. The highest BCUT2D eigenvalue weighted by molar-refractivity contribution is 5.91. The van der Waals surface area contributed by atoms with Gasteiger partial charge in [-0.1, -0.05) is 12.1 Å². The minimum atomic E-state index is -0.379. The van der Waals surface area contributed by atoms with Gasteiger partial charge in [-0.25, -0.2) is 5.84 Å². The molecule has 0 aliphatic carbocycles. The summed E-state index contributed by atoms with van der Waals surface area (Å²) in [5.74, 6) is 5.83. The Morgan fingerprint density at radius 2 is 2.23 bits per heavy atom. The molecule has 0 saturated carbocycles. The van der Waals surface area contributed by atoms with Crippen molar-refractivity contribution in [1.29, 1.82) is 0 Å². The van der Waals surface area contributed by atoms with Crippen molar-refractivity contribution in [2.24, 2.45) is 5.84 Å². The first-order chi connectivity index (χ1) is 10.7. The molecule has 3 N–H and O–H groups in total. The zero-order chi connectivity index (χ0) is 15.8. The second kappa shape index (κ2) is 7.80. The summed E-state index contributed by atoms with van der Waals surface area (Å²) in [7, 11) is 1.56. The van der Waals surface area contributed by atoms with Gasteiger partial charge in [-0.3, -0.25) is 15.2 Å². The summed E-state index contributed by atoms with van der Waals surface area (Å²) >= 11 is 0. The lowest BCUT2D eigenvalue weighted by Crippen LogP contribution is -2.27. The van der Waals surface area contributed by atoms with Gasteiger partial charge in [0.25, 0.3) is 5.91 Å². The number of methoxy groups -OCH3 is 1. The highest BCUT2D eigenvalue weighted by Gasteiger charge is 2.05. The van der Waals surface area contributed by atoms with Crippen molar-refractivity contribution in [1.82, 2.24) is 10.4 Å². The maximum atomic E-state index is 11.1. The maximum absolute atomic E-state index is 11.1. The molecule has 1 aromatic carbocycles. The average Bonchev–Trinajstić information content (AvgIpc) is 2.58. The van der Waals surface area contributed by atoms with Gasteiger partial charge in [-0.2, -0.15) is 0 Å². The van der Waals surface area contributed by atoms with Crippen LogP contribution in [0.5, 0.6) is 11.5 Å². The SMILES string of the molecule is COc1cc(/C=C/C(=O)NN)ccc1OCc1cccnc1. The number of nitrogens with one attached hydrogen (secondary N) is 1. The van der Waals surface area contributed by atoms with E-state index in [2.05, 4.69) is 4.98 Å². The standard InChI is InChI=1S/C16H17N3O3/c1-21-15-9-12(5-7-16(20)19-17)4-6-14(15)22-11-13-3-2-8-18-10-13/h2-10H,11,17H2,1H3,(H,19,20)/b7-5+. The summed E-state index contributed by atoms with van der Waals surface area (Å²) in [4.78, 5) is 15.1. The molecule has 22 heavy (non-hydrogen) atoms. The number of hydrazine groups is 1. The van der Waals surface area contributed by atoms with E-state index in [9.17, 15) is 4.79 Å². The Morgan fingerprint density at radius 1 is 1.36 bits per heavy atom. The van der Waals surface area contributed by atoms with Gasteiger partial charge in [0, 0.05) is 24.0 Å². The molecular weight excluding hydrogens is 282 g/mol. The number of hydrogen-bond acceptors (Lipinski definition) is 5. The fourth-order valence-electron chi connectivity index (χ4n) is 1.77. The first-order valence-corrected chi connectivity index (χ1v) is 6.61. The summed E-state index contributed by atoms with van der Waals surface area (Å²) in [6.45, 7) is 0.398. The van der Waals surface area contributed by atoms with Crippen LogP contribution in [0.25, 0.3) is 6.08 Å². The number of nitrogens with zero attached hydrogens (tertiary/aromatic N) is 1. The van der Waals surface area contributed by atoms with Crippen LogP contribution in [0.3, 0.4) is 0 Å². The Hall–Kier alpha value is -2.86. The number of benzene rings is 1. The second-order valence-electron chi connectivity index (χ2n) is 4.40. The molecule has 0 aliphatic rings. The van der Waals surface area contributed by atoms with Crippen molar-refractivity contribution in [3.8, 4) is 11.5 Å². The van der Waals surface area contributed by atoms with E-state index in [1.807, 2.05) is 23.6 Å². The van der Waals surface area contributed by atoms with Crippen LogP contribution in [0.2, 0.25) is 0 Å². The quantitative estimate of drug-likeness (QED) is 0.367. The van der Waals surface area contributed by atoms with Gasteiger partial charge in [-0.15, -0.1) is 0 Å². The van der Waals surface area contributed by atoms with E-state index in [0.717, 1.165) is 11.1 Å². The van der Waals surface area contributed by atoms with Crippen LogP contribution in [0.15, 0.2) is 48.8 Å². The smallest absolute Gasteiger partial charge is 0.257 e. The summed E-state index contributed by atoms with van der Waals surface area (Å²) in [6.07, 6.45) is 6.43. The maximum Gasteiger partial charge on any atom is 0.257 e. The lowest BCUT2D eigenvalue weighted by Gasteiger charge is -2.11. The van der Waals surface area contributed by atoms with E-state index in [1.165, 1.54) is 6.08 Å². The van der Waals surface area contributed by atoms with Crippen LogP contribution in [-0.4, -0.2) is 18.0 Å². The van der Waals surface area contributed by atoms with Crippen molar-refractivity contribution in [2.75, 3.05) is 7.11 Å². The molecule has 1 aromatic heterocycles. The first kappa shape index (κ1) is 15.5. The molecule has 114 valence electrons. The second-order valence-corrected chi connectivity index (χ2v) is 4.40. The Balaban J connectivity index is 2.09. The number of amides is 1. The fraction of sp³-hybridized carbons (Fsp3) is 0.125. The third-order valence-electron chi connectivity index (χ3n) is 2.87. The summed E-state index contributed by atoms with van der Waals surface area (Å²) in [5.41, 5.74) is 3.79. The number of rotatable bonds is 6. The monoisotopic (exact) mass is 299 g/mol. The molecule has 1 heterocycles. The van der Waals surface area contributed by atoms with Crippen LogP contribution < -0.4 is 20.7 Å². The van der Waals surface area contributed by atoms with E-state index in [0.29, 0.717) is 18.1 Å². The lowest BCUT2D eigenvalue weighted by molar-refractivity contribution is -0.116. The molecule has 0 atom stereocenters. The largest absolute Gasteiger partial charge is 0.493 e. The van der Waals surface area contributed by atoms with Crippen molar-refractivity contribution in [3.05, 3.63) is 59.9 Å². The van der Waals surface area contributed by atoms with Crippen LogP contribution in [0.4, 0.5) is 0 Å². The van der Waals surface area contributed by atoms with Crippen molar-refractivity contribution < 1.29 is 14.3 Å². The molecule has 0 radical (unpaired) electrons. The summed E-state index contributed by atoms with van der Waals surface area (Å²) in [5, 5.41) is 0. The van der Waals surface area contributed by atoms with Crippen LogP contribution in [-0.2, 0) is 11.4 Å². The van der Waals surface area contributed by atoms with Crippen LogP contribution in [0, 0.1) is 0 Å². The molecule has 0 saturated heterocycles. The number of ether oxygens (including phenoxy) is 2. The Kier molecular flexibility index (Phi) is 5.50. The predicted octanol–water partition coefficient (Wildman–Crippen LogP) is 1.67. The number of nitrogens with two attached hydrogens (primary N) is 1. The van der Waals surface area contributed by atoms with Crippen molar-refractivity contribution >= 4 is 12.0 Å². The normalized spacial score (nSPS) is 10.5. The van der Waals surface area contributed by atoms with Gasteiger partial charge in [0.15, 0.2) is 11.5 Å². The van der Waals surface area contributed by atoms with Crippen LogP contribution >= 0.6 is 0 Å². The molecule has 0 spiro atoms. The van der Waals surface area contributed by atoms with Crippen molar-refractivity contribution in [2.45, 2.75) is 6.61 Å². The highest BCUT2D eigenvalue weighted by Crippen LogP contribution is 2.29. The van der Waals surface area contributed by atoms with E-state index in [1.54, 1.807) is 37.7 Å². The van der Waals surface area contributed by atoms with Gasteiger partial charge in [0.2, 0.25) is 0 Å². The van der Waals surface area contributed by atoms with E-state index in [-0.39, 0.29) is 5.91 Å². The predicted molar refractivity (Wildman–Crippen MR) is 82.9 cm³/mol. The molecule has 0 fully saturated rings. The molecule has 2 aromatic rings. The third-order valence-corrected chi connectivity index (χ3v) is 2.87. The zero-order valence-electron chi connectivity index (χ0n) is 12.2. The van der Waals surface area contributed by atoms with Crippen LogP contribution in [0.1, 0.15) is 11.1 Å². The van der Waals surface area contributed by atoms with E-state index < -0.39 is 0 Å². The highest BCUT2D eigenvalue weighted by atomic mass is 16.5. The first-order valence-electron chi connectivity index (χ1n) is 6.61. The Labute approximate surface area is 128 Å². The Morgan fingerprint density at radius 3 is 2.91 bits per heavy atom. The zero-order valence-corrected chi connectivity index (χ0v) is 12.2. The Bertz CT molecular complexity index is 657. The summed E-state index contributed by atoms with van der Waals surface area (Å²) in [6, 6.07) is 9.17. The van der Waals surface area contributed by atoms with Gasteiger partial charge in [0.05, 0.1) is 7.11 Å². The molecule has 6 nitrogen and oxygen atoms in total. The average molecular weight is 299 g/mol. The number of pyridine rings is 1. The molecule has 0 bridgehead atoms. The van der Waals surface area contributed by atoms with Gasteiger partial charge < -0.3 is 9.47 Å². The number of hydrogen-bond donors (Lipinski definition) is 2. The molecule has 0 unspecified atom stereocenters. The molecule has 6 heteroatoms. The van der Waals surface area contributed by atoms with Gasteiger partial charge in [0.1, 0.15) is 6.61 Å². The van der Waals surface area contributed by atoms with Gasteiger partial charge >= 0.3 is 0 Å². The molecule has 1 amide bonds. The molecule has 0 aliphatic heterocycles. The topological polar surface area (TPSA) is 86.5 Å². The number of carbonyl (C=O) groups excluding carboxylic acids is 1. The number of carbonyl (C=O) groups is 1. The van der Waals surface area contributed by atoms with Crippen molar-refractivity contribution in [3.63, 3.8) is 0 Å². The van der Waals surface area contributed by atoms with E-state index >= 15 is 0 Å². The van der Waals surface area contributed by atoms with Gasteiger partial charge in [-0.05, 0) is 29.8 Å². The third kappa shape index (κ3) is 4.32.